The van der Waals surface area contributed by atoms with Crippen molar-refractivity contribution in [2.24, 2.45) is 7.05 Å². The van der Waals surface area contributed by atoms with Crippen LogP contribution in [0.15, 0.2) is 30.5 Å². The second-order valence-corrected chi connectivity index (χ2v) is 5.02. The Balaban J connectivity index is 2.07. The van der Waals surface area contributed by atoms with Crippen molar-refractivity contribution >= 4 is 17.4 Å². The van der Waals surface area contributed by atoms with E-state index in [1.165, 1.54) is 44.2 Å². The van der Waals surface area contributed by atoms with Gasteiger partial charge in [0.05, 0.1) is 25.3 Å². The maximum absolute atomic E-state index is 12.2. The summed E-state index contributed by atoms with van der Waals surface area (Å²) >= 11 is 0. The molecule has 0 atom stereocenters. The number of nitro groups is 1. The first-order valence-electron chi connectivity index (χ1n) is 7.10. The highest BCUT2D eigenvalue weighted by molar-refractivity contribution is 5.99. The summed E-state index contributed by atoms with van der Waals surface area (Å²) in [5.41, 5.74) is 0.0239. The summed E-state index contributed by atoms with van der Waals surface area (Å²) in [5, 5.41) is 10.7. The number of hydrogen-bond donors (Lipinski definition) is 0. The molecule has 9 nitrogen and oxygen atoms in total. The number of benzene rings is 1. The molecule has 0 radical (unpaired) electrons. The Morgan fingerprint density at radius 3 is 2.40 bits per heavy atom. The van der Waals surface area contributed by atoms with Gasteiger partial charge in [-0.05, 0) is 18.2 Å². The third kappa shape index (κ3) is 3.94. The molecule has 0 unspecified atom stereocenters. The Morgan fingerprint density at radius 1 is 1.16 bits per heavy atom. The Labute approximate surface area is 142 Å². The van der Waals surface area contributed by atoms with Gasteiger partial charge in [-0.1, -0.05) is 0 Å². The number of hydrogen-bond acceptors (Lipinski definition) is 7. The smallest absolute Gasteiger partial charge is 0.355 e. The molecule has 0 amide bonds. The fourth-order valence-corrected chi connectivity index (χ4v) is 2.15. The number of nitrogens with zero attached hydrogens (tertiary/aromatic N) is 2. The molecule has 0 bridgehead atoms. The first-order valence-corrected chi connectivity index (χ1v) is 7.10. The molecular formula is C16H16N2O7. The molecule has 0 saturated carbocycles. The fraction of sp³-hybridized carbons (Fsp3) is 0.250. The van der Waals surface area contributed by atoms with Crippen LogP contribution in [-0.2, 0) is 11.8 Å². The second kappa shape index (κ2) is 7.47. The van der Waals surface area contributed by atoms with E-state index >= 15 is 0 Å². The van der Waals surface area contributed by atoms with Gasteiger partial charge in [-0.2, -0.15) is 0 Å². The summed E-state index contributed by atoms with van der Waals surface area (Å²) in [6.07, 6.45) is 1.19. The van der Waals surface area contributed by atoms with Gasteiger partial charge in [-0.15, -0.1) is 0 Å². The molecule has 1 aromatic carbocycles. The van der Waals surface area contributed by atoms with E-state index in [4.69, 9.17) is 14.2 Å². The van der Waals surface area contributed by atoms with Gasteiger partial charge < -0.3 is 18.8 Å². The minimum atomic E-state index is -0.829. The molecule has 0 N–H and O–H groups in total. The van der Waals surface area contributed by atoms with Crippen molar-refractivity contribution in [3.63, 3.8) is 0 Å². The number of ether oxygens (including phenoxy) is 3. The molecule has 1 aromatic heterocycles. The molecule has 25 heavy (non-hydrogen) atoms. The Morgan fingerprint density at radius 2 is 1.84 bits per heavy atom. The largest absolute Gasteiger partial charge is 0.493 e. The van der Waals surface area contributed by atoms with E-state index < -0.39 is 23.3 Å². The van der Waals surface area contributed by atoms with Gasteiger partial charge in [0.2, 0.25) is 0 Å². The number of carbonyl (C=O) groups is 2. The zero-order valence-corrected chi connectivity index (χ0v) is 13.8. The highest BCUT2D eigenvalue weighted by Crippen LogP contribution is 2.27. The van der Waals surface area contributed by atoms with Crippen LogP contribution in [0, 0.1) is 10.1 Å². The Hall–Kier alpha value is -3.36. The molecule has 0 aliphatic heterocycles. The Bertz CT molecular complexity index is 826. The lowest BCUT2D eigenvalue weighted by Gasteiger charge is -2.09. The number of ketones is 1. The van der Waals surface area contributed by atoms with Crippen molar-refractivity contribution in [2.45, 2.75) is 0 Å². The Kier molecular flexibility index (Phi) is 5.38. The van der Waals surface area contributed by atoms with Crippen molar-refractivity contribution in [1.29, 1.82) is 0 Å². The number of rotatable bonds is 7. The van der Waals surface area contributed by atoms with E-state index in [-0.39, 0.29) is 16.9 Å². The normalized spacial score (nSPS) is 10.2. The summed E-state index contributed by atoms with van der Waals surface area (Å²) in [6, 6.07) is 5.64. The van der Waals surface area contributed by atoms with E-state index in [9.17, 15) is 19.7 Å². The van der Waals surface area contributed by atoms with Gasteiger partial charge in [-0.3, -0.25) is 14.9 Å². The lowest BCUT2D eigenvalue weighted by Crippen LogP contribution is -2.16. The summed E-state index contributed by atoms with van der Waals surface area (Å²) in [6.45, 7) is -0.507. The molecule has 0 aliphatic carbocycles. The molecule has 2 aromatic rings. The van der Waals surface area contributed by atoms with Crippen LogP contribution in [0.3, 0.4) is 0 Å². The van der Waals surface area contributed by atoms with Crippen LogP contribution in [0.4, 0.5) is 5.69 Å². The first kappa shape index (κ1) is 18.0. The number of Topliss-reactive ketones (excluding diaryl/α,β-unsaturated/α-hetero) is 1. The molecule has 132 valence electrons. The van der Waals surface area contributed by atoms with Crippen molar-refractivity contribution in [2.75, 3.05) is 20.8 Å². The highest BCUT2D eigenvalue weighted by Gasteiger charge is 2.20. The summed E-state index contributed by atoms with van der Waals surface area (Å²) in [4.78, 5) is 34.3. The number of esters is 1. The van der Waals surface area contributed by atoms with Crippen LogP contribution in [0.25, 0.3) is 0 Å². The SMILES string of the molecule is COc1ccc(C(=O)COC(=O)c2cc([N+](=O)[O-])cn2C)cc1OC. The van der Waals surface area contributed by atoms with E-state index in [0.29, 0.717) is 11.5 Å². The third-order valence-corrected chi connectivity index (χ3v) is 3.45. The van der Waals surface area contributed by atoms with E-state index in [1.807, 2.05) is 0 Å². The first-order chi connectivity index (χ1) is 11.9. The van der Waals surface area contributed by atoms with Gasteiger partial charge in [0.25, 0.3) is 5.69 Å². The molecule has 2 rings (SSSR count). The van der Waals surface area contributed by atoms with Gasteiger partial charge >= 0.3 is 5.97 Å². The number of aromatic nitrogens is 1. The molecule has 9 heteroatoms. The minimum Gasteiger partial charge on any atom is -0.493 e. The van der Waals surface area contributed by atoms with Gasteiger partial charge in [-0.25, -0.2) is 4.79 Å². The zero-order chi connectivity index (χ0) is 18.6. The molecular weight excluding hydrogens is 332 g/mol. The van der Waals surface area contributed by atoms with Gasteiger partial charge in [0, 0.05) is 18.7 Å². The van der Waals surface area contributed by atoms with E-state index in [0.717, 1.165) is 6.07 Å². The number of methoxy groups -OCH3 is 2. The molecule has 0 fully saturated rings. The average Bonchev–Trinajstić information content (AvgIpc) is 3.00. The third-order valence-electron chi connectivity index (χ3n) is 3.45. The molecule has 0 saturated heterocycles. The standard InChI is InChI=1S/C16H16N2O7/c1-17-8-11(18(21)22)7-12(17)16(20)25-9-13(19)10-4-5-14(23-2)15(6-10)24-3/h4-8H,9H2,1-3H3. The summed E-state index contributed by atoms with van der Waals surface area (Å²) in [5.74, 6) is -0.438. The highest BCUT2D eigenvalue weighted by atomic mass is 16.6. The van der Waals surface area contributed by atoms with E-state index in [1.54, 1.807) is 6.07 Å². The molecule has 0 spiro atoms. The van der Waals surface area contributed by atoms with Crippen molar-refractivity contribution in [3.05, 3.63) is 51.8 Å². The van der Waals surface area contributed by atoms with Crippen LogP contribution >= 0.6 is 0 Å². The summed E-state index contributed by atoms with van der Waals surface area (Å²) in [7, 11) is 4.38. The lowest BCUT2D eigenvalue weighted by atomic mass is 10.1. The van der Waals surface area contributed by atoms with Crippen molar-refractivity contribution in [1.82, 2.24) is 4.57 Å². The van der Waals surface area contributed by atoms with Gasteiger partial charge in [0.1, 0.15) is 5.69 Å². The van der Waals surface area contributed by atoms with Crippen molar-refractivity contribution < 1.29 is 28.7 Å². The molecule has 1 heterocycles. The number of carbonyl (C=O) groups excluding carboxylic acids is 2. The van der Waals surface area contributed by atoms with Crippen LogP contribution in [0.5, 0.6) is 11.5 Å². The van der Waals surface area contributed by atoms with Crippen LogP contribution in [0.1, 0.15) is 20.8 Å². The lowest BCUT2D eigenvalue weighted by molar-refractivity contribution is -0.384. The summed E-state index contributed by atoms with van der Waals surface area (Å²) < 4.78 is 16.4. The fourth-order valence-electron chi connectivity index (χ4n) is 2.15. The van der Waals surface area contributed by atoms with Gasteiger partial charge in [0.15, 0.2) is 23.9 Å². The van der Waals surface area contributed by atoms with Crippen LogP contribution in [0.2, 0.25) is 0 Å². The molecule has 0 aliphatic rings. The quantitative estimate of drug-likeness (QED) is 0.326. The van der Waals surface area contributed by atoms with Crippen molar-refractivity contribution in [3.8, 4) is 11.5 Å². The zero-order valence-electron chi connectivity index (χ0n) is 13.8. The van der Waals surface area contributed by atoms with E-state index in [2.05, 4.69) is 0 Å². The topological polar surface area (TPSA) is 110 Å². The maximum atomic E-state index is 12.2. The predicted molar refractivity (Wildman–Crippen MR) is 86.2 cm³/mol. The predicted octanol–water partition coefficient (Wildman–Crippen LogP) is 1.99. The van der Waals surface area contributed by atoms with Crippen LogP contribution < -0.4 is 9.47 Å². The number of aryl methyl sites for hydroxylation is 1. The van der Waals surface area contributed by atoms with Crippen LogP contribution in [-0.4, -0.2) is 42.1 Å². The monoisotopic (exact) mass is 348 g/mol. The second-order valence-electron chi connectivity index (χ2n) is 5.02. The maximum Gasteiger partial charge on any atom is 0.355 e. The minimum absolute atomic E-state index is 0.0215. The average molecular weight is 348 g/mol.